The van der Waals surface area contributed by atoms with E-state index in [0.717, 1.165) is 5.69 Å². The number of aliphatic hydroxyl groups excluding tert-OH is 1. The highest BCUT2D eigenvalue weighted by Gasteiger charge is 2.30. The second kappa shape index (κ2) is 6.60. The van der Waals surface area contributed by atoms with Gasteiger partial charge in [-0.3, -0.25) is 9.48 Å². The molecule has 1 aromatic heterocycles. The molecule has 1 rings (SSSR count). The fourth-order valence-corrected chi connectivity index (χ4v) is 2.54. The lowest BCUT2D eigenvalue weighted by Gasteiger charge is -2.33. The molecule has 0 fully saturated rings. The first-order valence-corrected chi connectivity index (χ1v) is 7.56. The minimum atomic E-state index is -0.465. The standard InChI is InChI=1S/C16H29N3O2/c1-10(2)13-8-12(18-19(13)7)15(21)17-9-16(5,6)14(20)11(3)4/h8,10-11,14,20H,9H2,1-7H3,(H,17,21). The normalized spacial score (nSPS) is 13.8. The lowest BCUT2D eigenvalue weighted by Crippen LogP contribution is -2.43. The molecule has 5 heteroatoms. The Hall–Kier alpha value is -1.36. The summed E-state index contributed by atoms with van der Waals surface area (Å²) in [6, 6.07) is 1.83. The highest BCUT2D eigenvalue weighted by atomic mass is 16.3. The van der Waals surface area contributed by atoms with E-state index < -0.39 is 6.10 Å². The molecule has 5 nitrogen and oxygen atoms in total. The van der Waals surface area contributed by atoms with Crippen LogP contribution in [0.4, 0.5) is 0 Å². The Morgan fingerprint density at radius 3 is 2.38 bits per heavy atom. The molecule has 0 radical (unpaired) electrons. The molecule has 21 heavy (non-hydrogen) atoms. The molecule has 0 saturated heterocycles. The summed E-state index contributed by atoms with van der Waals surface area (Å²) in [4.78, 5) is 12.2. The van der Waals surface area contributed by atoms with Gasteiger partial charge in [0.2, 0.25) is 0 Å². The number of aryl methyl sites for hydroxylation is 1. The van der Waals surface area contributed by atoms with Crippen LogP contribution in [0.2, 0.25) is 0 Å². The number of amides is 1. The van der Waals surface area contributed by atoms with Crippen molar-refractivity contribution in [2.24, 2.45) is 18.4 Å². The van der Waals surface area contributed by atoms with Gasteiger partial charge < -0.3 is 10.4 Å². The zero-order valence-corrected chi connectivity index (χ0v) is 14.3. The quantitative estimate of drug-likeness (QED) is 0.846. The Morgan fingerprint density at radius 2 is 1.95 bits per heavy atom. The first kappa shape index (κ1) is 17.7. The predicted molar refractivity (Wildman–Crippen MR) is 84.3 cm³/mol. The van der Waals surface area contributed by atoms with Crippen LogP contribution in [0, 0.1) is 11.3 Å². The van der Waals surface area contributed by atoms with Gasteiger partial charge in [0.25, 0.3) is 5.91 Å². The average molecular weight is 295 g/mol. The van der Waals surface area contributed by atoms with Crippen molar-refractivity contribution in [3.05, 3.63) is 17.5 Å². The molecule has 1 heterocycles. The topological polar surface area (TPSA) is 67.2 Å². The molecule has 0 bridgehead atoms. The van der Waals surface area contributed by atoms with Gasteiger partial charge in [-0.05, 0) is 17.9 Å². The van der Waals surface area contributed by atoms with Crippen LogP contribution in [0.3, 0.4) is 0 Å². The van der Waals surface area contributed by atoms with Crippen LogP contribution in [0.5, 0.6) is 0 Å². The molecular formula is C16H29N3O2. The number of aromatic nitrogens is 2. The van der Waals surface area contributed by atoms with Crippen molar-refractivity contribution < 1.29 is 9.90 Å². The lowest BCUT2D eigenvalue weighted by molar-refractivity contribution is 0.0138. The maximum absolute atomic E-state index is 12.2. The molecule has 1 aromatic rings. The SMILES string of the molecule is CC(C)c1cc(C(=O)NCC(C)(C)C(O)C(C)C)nn1C. The van der Waals surface area contributed by atoms with Gasteiger partial charge in [-0.25, -0.2) is 0 Å². The Morgan fingerprint density at radius 1 is 1.38 bits per heavy atom. The Bertz CT molecular complexity index is 490. The molecule has 1 unspecified atom stereocenters. The summed E-state index contributed by atoms with van der Waals surface area (Å²) in [7, 11) is 1.85. The molecule has 0 aliphatic rings. The van der Waals surface area contributed by atoms with E-state index in [9.17, 15) is 9.90 Å². The summed E-state index contributed by atoms with van der Waals surface area (Å²) in [6.07, 6.45) is -0.465. The molecule has 0 spiro atoms. The smallest absolute Gasteiger partial charge is 0.271 e. The van der Waals surface area contributed by atoms with Crippen molar-refractivity contribution in [3.63, 3.8) is 0 Å². The molecule has 0 aliphatic carbocycles. The number of aliphatic hydroxyl groups is 1. The maximum Gasteiger partial charge on any atom is 0.271 e. The van der Waals surface area contributed by atoms with E-state index in [-0.39, 0.29) is 17.2 Å². The third-order valence-electron chi connectivity index (χ3n) is 3.88. The Labute approximate surface area is 127 Å². The summed E-state index contributed by atoms with van der Waals surface area (Å²) in [5.74, 6) is 0.282. The van der Waals surface area contributed by atoms with E-state index in [1.54, 1.807) is 4.68 Å². The predicted octanol–water partition coefficient (Wildman–Crippen LogP) is 2.32. The van der Waals surface area contributed by atoms with Gasteiger partial charge in [0.1, 0.15) is 5.69 Å². The van der Waals surface area contributed by atoms with Gasteiger partial charge in [-0.2, -0.15) is 5.10 Å². The van der Waals surface area contributed by atoms with E-state index in [1.807, 2.05) is 40.8 Å². The fourth-order valence-electron chi connectivity index (χ4n) is 2.54. The highest BCUT2D eigenvalue weighted by Crippen LogP contribution is 2.25. The molecule has 0 aromatic carbocycles. The van der Waals surface area contributed by atoms with Gasteiger partial charge in [0, 0.05) is 24.7 Å². The van der Waals surface area contributed by atoms with Crippen LogP contribution in [-0.4, -0.2) is 33.4 Å². The molecule has 1 amide bonds. The van der Waals surface area contributed by atoms with Crippen molar-refractivity contribution in [2.75, 3.05) is 6.54 Å². The molecule has 1 atom stereocenters. The Kier molecular flexibility index (Phi) is 5.56. The van der Waals surface area contributed by atoms with Crippen molar-refractivity contribution in [1.29, 1.82) is 0 Å². The summed E-state index contributed by atoms with van der Waals surface area (Å²) in [6.45, 7) is 12.4. The lowest BCUT2D eigenvalue weighted by atomic mass is 9.80. The van der Waals surface area contributed by atoms with E-state index in [1.165, 1.54) is 0 Å². The first-order chi connectivity index (χ1) is 9.56. The third-order valence-corrected chi connectivity index (χ3v) is 3.88. The number of hydrogen-bond donors (Lipinski definition) is 2. The highest BCUT2D eigenvalue weighted by molar-refractivity contribution is 5.92. The largest absolute Gasteiger partial charge is 0.392 e. The second-order valence-corrected chi connectivity index (χ2v) is 7.09. The zero-order valence-electron chi connectivity index (χ0n) is 14.3. The zero-order chi connectivity index (χ0) is 16.4. The minimum Gasteiger partial charge on any atom is -0.392 e. The van der Waals surface area contributed by atoms with Gasteiger partial charge in [-0.15, -0.1) is 0 Å². The van der Waals surface area contributed by atoms with Crippen LogP contribution in [0.15, 0.2) is 6.07 Å². The second-order valence-electron chi connectivity index (χ2n) is 7.09. The van der Waals surface area contributed by atoms with Gasteiger partial charge in [0.05, 0.1) is 6.10 Å². The van der Waals surface area contributed by atoms with E-state index >= 15 is 0 Å². The van der Waals surface area contributed by atoms with Crippen molar-refractivity contribution in [1.82, 2.24) is 15.1 Å². The van der Waals surface area contributed by atoms with Crippen LogP contribution in [0.1, 0.15) is 63.6 Å². The molecule has 0 aliphatic heterocycles. The van der Waals surface area contributed by atoms with Crippen LogP contribution < -0.4 is 5.32 Å². The van der Waals surface area contributed by atoms with Crippen molar-refractivity contribution in [3.8, 4) is 0 Å². The summed E-state index contributed by atoms with van der Waals surface area (Å²) in [5.41, 5.74) is 1.08. The maximum atomic E-state index is 12.2. The van der Waals surface area contributed by atoms with E-state index in [2.05, 4.69) is 24.3 Å². The summed E-state index contributed by atoms with van der Waals surface area (Å²) in [5, 5.41) is 17.3. The van der Waals surface area contributed by atoms with Crippen LogP contribution in [0.25, 0.3) is 0 Å². The van der Waals surface area contributed by atoms with Crippen LogP contribution >= 0.6 is 0 Å². The molecular weight excluding hydrogens is 266 g/mol. The number of carbonyl (C=O) groups is 1. The fraction of sp³-hybridized carbons (Fsp3) is 0.750. The summed E-state index contributed by atoms with van der Waals surface area (Å²) >= 11 is 0. The first-order valence-electron chi connectivity index (χ1n) is 7.56. The number of hydrogen-bond acceptors (Lipinski definition) is 3. The molecule has 2 N–H and O–H groups in total. The van der Waals surface area contributed by atoms with Gasteiger partial charge >= 0.3 is 0 Å². The number of rotatable bonds is 6. The third kappa shape index (κ3) is 4.30. The van der Waals surface area contributed by atoms with E-state index in [0.29, 0.717) is 18.2 Å². The monoisotopic (exact) mass is 295 g/mol. The van der Waals surface area contributed by atoms with Gasteiger partial charge in [-0.1, -0.05) is 41.5 Å². The van der Waals surface area contributed by atoms with Crippen molar-refractivity contribution in [2.45, 2.75) is 53.6 Å². The van der Waals surface area contributed by atoms with E-state index in [4.69, 9.17) is 0 Å². The van der Waals surface area contributed by atoms with Crippen LogP contribution in [-0.2, 0) is 7.05 Å². The average Bonchev–Trinajstić information content (AvgIpc) is 2.77. The van der Waals surface area contributed by atoms with Gasteiger partial charge in [0.15, 0.2) is 0 Å². The molecule has 0 saturated carbocycles. The number of nitrogens with one attached hydrogen (secondary N) is 1. The number of carbonyl (C=O) groups excluding carboxylic acids is 1. The minimum absolute atomic E-state index is 0.152. The number of nitrogens with zero attached hydrogens (tertiary/aromatic N) is 2. The van der Waals surface area contributed by atoms with Crippen molar-refractivity contribution >= 4 is 5.91 Å². The Balaban J connectivity index is 2.72. The molecule has 120 valence electrons. The summed E-state index contributed by atoms with van der Waals surface area (Å²) < 4.78 is 1.74.